The molecule has 108 valence electrons. The molecule has 2 aromatic rings. The van der Waals surface area contributed by atoms with E-state index in [1.807, 2.05) is 30.8 Å². The topological polar surface area (TPSA) is 65.1 Å². The molecule has 5 heteroatoms. The summed E-state index contributed by atoms with van der Waals surface area (Å²) >= 11 is 0. The number of hydrazine groups is 1. The van der Waals surface area contributed by atoms with Crippen molar-refractivity contribution in [3.63, 3.8) is 0 Å². The maximum absolute atomic E-state index is 5.78. The lowest BCUT2D eigenvalue weighted by Gasteiger charge is -2.21. The van der Waals surface area contributed by atoms with Gasteiger partial charge in [-0.15, -0.1) is 0 Å². The van der Waals surface area contributed by atoms with Crippen LogP contribution in [0.25, 0.3) is 0 Å². The molecule has 1 aromatic carbocycles. The Hall–Kier alpha value is -1.85. The Bertz CT molecular complexity index is 619. The predicted molar refractivity (Wildman–Crippen MR) is 79.6 cm³/mol. The molecule has 1 heterocycles. The first-order chi connectivity index (χ1) is 9.49. The quantitative estimate of drug-likeness (QED) is 0.660. The van der Waals surface area contributed by atoms with E-state index in [-0.39, 0.29) is 6.04 Å². The van der Waals surface area contributed by atoms with Crippen molar-refractivity contribution in [3.8, 4) is 5.75 Å². The van der Waals surface area contributed by atoms with Gasteiger partial charge in [-0.3, -0.25) is 10.5 Å². The van der Waals surface area contributed by atoms with Crippen LogP contribution < -0.4 is 16.0 Å². The molecule has 2 rings (SSSR count). The van der Waals surface area contributed by atoms with Crippen LogP contribution in [0.2, 0.25) is 0 Å². The number of nitrogens with zero attached hydrogens (tertiary/aromatic N) is 2. The summed E-state index contributed by atoms with van der Waals surface area (Å²) in [6.07, 6.45) is 0. The van der Waals surface area contributed by atoms with Crippen molar-refractivity contribution in [2.24, 2.45) is 12.9 Å². The monoisotopic (exact) mass is 274 g/mol. The van der Waals surface area contributed by atoms with Crippen LogP contribution in [0.3, 0.4) is 0 Å². The molecule has 1 aromatic heterocycles. The van der Waals surface area contributed by atoms with Gasteiger partial charge < -0.3 is 4.74 Å². The van der Waals surface area contributed by atoms with Gasteiger partial charge in [-0.1, -0.05) is 12.1 Å². The molecule has 1 unspecified atom stereocenters. The van der Waals surface area contributed by atoms with Crippen molar-refractivity contribution in [1.29, 1.82) is 0 Å². The maximum Gasteiger partial charge on any atom is 0.127 e. The Morgan fingerprint density at radius 2 is 2.00 bits per heavy atom. The summed E-state index contributed by atoms with van der Waals surface area (Å²) in [5.41, 5.74) is 8.18. The normalized spacial score (nSPS) is 12.5. The van der Waals surface area contributed by atoms with Crippen LogP contribution in [0.4, 0.5) is 0 Å². The zero-order valence-electron chi connectivity index (χ0n) is 12.7. The average molecular weight is 274 g/mol. The largest absolute Gasteiger partial charge is 0.496 e. The van der Waals surface area contributed by atoms with Gasteiger partial charge in [0.15, 0.2) is 0 Å². The van der Waals surface area contributed by atoms with Gasteiger partial charge in [0.25, 0.3) is 0 Å². The molecular weight excluding hydrogens is 252 g/mol. The zero-order chi connectivity index (χ0) is 14.9. The molecule has 20 heavy (non-hydrogen) atoms. The first-order valence-electron chi connectivity index (χ1n) is 6.60. The molecule has 3 N–H and O–H groups in total. The smallest absolute Gasteiger partial charge is 0.127 e. The fourth-order valence-corrected chi connectivity index (χ4v) is 2.54. The number of nitrogens with two attached hydrogens (primary N) is 1. The molecule has 5 nitrogen and oxygen atoms in total. The van der Waals surface area contributed by atoms with Crippen molar-refractivity contribution >= 4 is 0 Å². The van der Waals surface area contributed by atoms with E-state index in [0.29, 0.717) is 0 Å². The molecule has 0 aliphatic rings. The van der Waals surface area contributed by atoms with E-state index in [1.165, 1.54) is 5.56 Å². The van der Waals surface area contributed by atoms with E-state index in [9.17, 15) is 0 Å². The molecule has 1 atom stereocenters. The third-order valence-corrected chi connectivity index (χ3v) is 3.72. The number of benzene rings is 1. The highest BCUT2D eigenvalue weighted by molar-refractivity contribution is 5.48. The average Bonchev–Trinajstić information content (AvgIpc) is 2.74. The molecule has 0 fully saturated rings. The van der Waals surface area contributed by atoms with Crippen molar-refractivity contribution < 1.29 is 4.74 Å². The Morgan fingerprint density at radius 3 is 2.50 bits per heavy atom. The standard InChI is InChI=1S/C15H22N4O/c1-9-6-7-12(15(20-5)11(9)3)14(17-16)13-8-10(2)18-19(13)4/h6-8,14,17H,16H2,1-5H3. The van der Waals surface area contributed by atoms with Gasteiger partial charge in [0.05, 0.1) is 24.5 Å². The molecule has 0 bridgehead atoms. The van der Waals surface area contributed by atoms with Gasteiger partial charge in [-0.2, -0.15) is 5.10 Å². The third-order valence-electron chi connectivity index (χ3n) is 3.72. The summed E-state index contributed by atoms with van der Waals surface area (Å²) in [7, 11) is 3.60. The molecule has 0 spiro atoms. The van der Waals surface area contributed by atoms with Crippen LogP contribution in [0.1, 0.15) is 34.1 Å². The number of nitrogens with one attached hydrogen (secondary N) is 1. The van der Waals surface area contributed by atoms with Crippen LogP contribution in [0, 0.1) is 20.8 Å². The maximum atomic E-state index is 5.78. The highest BCUT2D eigenvalue weighted by atomic mass is 16.5. The number of hydrogen-bond donors (Lipinski definition) is 2. The Balaban J connectivity index is 2.58. The van der Waals surface area contributed by atoms with Gasteiger partial charge in [-0.25, -0.2) is 5.43 Å². The Kier molecular flexibility index (Phi) is 4.11. The minimum absolute atomic E-state index is 0.157. The first kappa shape index (κ1) is 14.6. The first-order valence-corrected chi connectivity index (χ1v) is 6.60. The number of hydrogen-bond acceptors (Lipinski definition) is 4. The third kappa shape index (κ3) is 2.42. The Labute approximate surface area is 119 Å². The summed E-state index contributed by atoms with van der Waals surface area (Å²) in [6, 6.07) is 6.00. The van der Waals surface area contributed by atoms with Gasteiger partial charge in [0.2, 0.25) is 0 Å². The number of rotatable bonds is 4. The van der Waals surface area contributed by atoms with Gasteiger partial charge >= 0.3 is 0 Å². The molecule has 0 radical (unpaired) electrons. The number of methoxy groups -OCH3 is 1. The van der Waals surface area contributed by atoms with Crippen LogP contribution in [0.15, 0.2) is 18.2 Å². The van der Waals surface area contributed by atoms with Crippen molar-refractivity contribution in [2.75, 3.05) is 7.11 Å². The van der Waals surface area contributed by atoms with Crippen molar-refractivity contribution in [3.05, 3.63) is 46.3 Å². The number of aryl methyl sites for hydroxylation is 3. The summed E-state index contributed by atoms with van der Waals surface area (Å²) in [5, 5.41) is 4.38. The van der Waals surface area contributed by atoms with E-state index in [4.69, 9.17) is 10.6 Å². The molecule has 0 amide bonds. The molecule has 0 saturated carbocycles. The lowest BCUT2D eigenvalue weighted by atomic mass is 9.97. The highest BCUT2D eigenvalue weighted by Crippen LogP contribution is 2.33. The van der Waals surface area contributed by atoms with Gasteiger partial charge in [-0.05, 0) is 38.0 Å². The van der Waals surface area contributed by atoms with Crippen LogP contribution in [-0.2, 0) is 7.05 Å². The summed E-state index contributed by atoms with van der Waals surface area (Å²) in [4.78, 5) is 0. The zero-order valence-corrected chi connectivity index (χ0v) is 12.7. The summed E-state index contributed by atoms with van der Waals surface area (Å²) < 4.78 is 7.42. The van der Waals surface area contributed by atoms with Crippen LogP contribution >= 0.6 is 0 Å². The van der Waals surface area contributed by atoms with E-state index in [2.05, 4.69) is 30.4 Å². The van der Waals surface area contributed by atoms with Gasteiger partial charge in [0, 0.05) is 12.6 Å². The van der Waals surface area contributed by atoms with Crippen LogP contribution in [0.5, 0.6) is 5.75 Å². The summed E-state index contributed by atoms with van der Waals surface area (Å²) in [5.74, 6) is 6.65. The van der Waals surface area contributed by atoms with E-state index in [1.54, 1.807) is 7.11 Å². The molecule has 0 aliphatic carbocycles. The predicted octanol–water partition coefficient (Wildman–Crippen LogP) is 1.91. The second-order valence-corrected chi connectivity index (χ2v) is 5.06. The van der Waals surface area contributed by atoms with E-state index >= 15 is 0 Å². The lowest BCUT2D eigenvalue weighted by molar-refractivity contribution is 0.399. The second kappa shape index (κ2) is 5.64. The minimum Gasteiger partial charge on any atom is -0.496 e. The fraction of sp³-hybridized carbons (Fsp3) is 0.400. The second-order valence-electron chi connectivity index (χ2n) is 5.06. The van der Waals surface area contributed by atoms with Crippen molar-refractivity contribution in [2.45, 2.75) is 26.8 Å². The number of ether oxygens (including phenoxy) is 1. The number of aromatic nitrogens is 2. The summed E-state index contributed by atoms with van der Waals surface area (Å²) in [6.45, 7) is 6.09. The van der Waals surface area contributed by atoms with E-state index in [0.717, 1.165) is 28.3 Å². The lowest BCUT2D eigenvalue weighted by Crippen LogP contribution is -2.30. The minimum atomic E-state index is -0.157. The van der Waals surface area contributed by atoms with Crippen molar-refractivity contribution in [1.82, 2.24) is 15.2 Å². The molecule has 0 aliphatic heterocycles. The highest BCUT2D eigenvalue weighted by Gasteiger charge is 2.22. The van der Waals surface area contributed by atoms with Crippen LogP contribution in [-0.4, -0.2) is 16.9 Å². The van der Waals surface area contributed by atoms with Gasteiger partial charge in [0.1, 0.15) is 5.75 Å². The van der Waals surface area contributed by atoms with E-state index < -0.39 is 0 Å². The molecular formula is C15H22N4O. The Morgan fingerprint density at radius 1 is 1.30 bits per heavy atom. The SMILES string of the molecule is COc1c(C(NN)c2cc(C)nn2C)ccc(C)c1C. The molecule has 0 saturated heterocycles. The fourth-order valence-electron chi connectivity index (χ4n) is 2.54.